The van der Waals surface area contributed by atoms with Gasteiger partial charge in [0.05, 0.1) is 6.04 Å². The first-order valence-electron chi connectivity index (χ1n) is 5.98. The molecule has 0 bridgehead atoms. The van der Waals surface area contributed by atoms with Gasteiger partial charge in [0, 0.05) is 19.5 Å². The first-order valence-corrected chi connectivity index (χ1v) is 5.98. The smallest absolute Gasteiger partial charge is 0.243 e. The largest absolute Gasteiger partial charge is 0.295 e. The van der Waals surface area contributed by atoms with Crippen LogP contribution in [0.15, 0.2) is 18.2 Å². The molecule has 4 nitrogen and oxygen atoms in total. The number of nitrogens with zero attached hydrogens (tertiary/aromatic N) is 1. The molecule has 1 saturated heterocycles. The normalized spacial score (nSPS) is 23.9. The highest BCUT2D eigenvalue weighted by Crippen LogP contribution is 2.27. The van der Waals surface area contributed by atoms with Gasteiger partial charge in [-0.3, -0.25) is 19.8 Å². The van der Waals surface area contributed by atoms with Crippen LogP contribution in [0.5, 0.6) is 0 Å². The number of halogens is 1. The van der Waals surface area contributed by atoms with Crippen molar-refractivity contribution in [2.45, 2.75) is 32.0 Å². The number of hydrogen-bond acceptors (Lipinski definition) is 3. The number of fused-ring (bicyclic) bond motifs is 1. The third kappa shape index (κ3) is 1.90. The van der Waals surface area contributed by atoms with Crippen molar-refractivity contribution >= 4 is 11.8 Å². The Kier molecular flexibility index (Phi) is 2.63. The first kappa shape index (κ1) is 11.3. The van der Waals surface area contributed by atoms with Crippen molar-refractivity contribution in [2.75, 3.05) is 0 Å². The summed E-state index contributed by atoms with van der Waals surface area (Å²) in [6.45, 7) is 1.21. The van der Waals surface area contributed by atoms with Crippen LogP contribution in [0, 0.1) is 5.82 Å². The second-order valence-electron chi connectivity index (χ2n) is 4.78. The van der Waals surface area contributed by atoms with Crippen LogP contribution in [0.3, 0.4) is 0 Å². The Morgan fingerprint density at radius 2 is 2.00 bits per heavy atom. The summed E-state index contributed by atoms with van der Waals surface area (Å²) in [5.74, 6) is -0.697. The van der Waals surface area contributed by atoms with Gasteiger partial charge in [-0.2, -0.15) is 0 Å². The van der Waals surface area contributed by atoms with Crippen LogP contribution in [-0.2, 0) is 22.7 Å². The van der Waals surface area contributed by atoms with E-state index in [1.165, 1.54) is 12.1 Å². The monoisotopic (exact) mass is 248 g/mol. The quantitative estimate of drug-likeness (QED) is 0.753. The maximum atomic E-state index is 13.1. The fourth-order valence-corrected chi connectivity index (χ4v) is 2.64. The number of amides is 2. The summed E-state index contributed by atoms with van der Waals surface area (Å²) < 4.78 is 13.1. The number of imide groups is 1. The minimum absolute atomic E-state index is 0.209. The fraction of sp³-hybridized carbons (Fsp3) is 0.385. The molecule has 1 aromatic carbocycles. The Bertz CT molecular complexity index is 530. The molecule has 0 aromatic heterocycles. The van der Waals surface area contributed by atoms with E-state index in [9.17, 15) is 14.0 Å². The van der Waals surface area contributed by atoms with Crippen molar-refractivity contribution in [3.63, 3.8) is 0 Å². The number of piperidine rings is 1. The van der Waals surface area contributed by atoms with Crippen molar-refractivity contribution in [3.8, 4) is 0 Å². The van der Waals surface area contributed by atoms with E-state index in [0.717, 1.165) is 11.1 Å². The highest BCUT2D eigenvalue weighted by molar-refractivity contribution is 6.00. The van der Waals surface area contributed by atoms with Gasteiger partial charge in [0.1, 0.15) is 5.82 Å². The molecule has 3 rings (SSSR count). The van der Waals surface area contributed by atoms with E-state index in [0.29, 0.717) is 25.9 Å². The molecule has 0 saturated carbocycles. The van der Waals surface area contributed by atoms with Crippen LogP contribution in [0.25, 0.3) is 0 Å². The highest BCUT2D eigenvalue weighted by Gasteiger charge is 2.34. The van der Waals surface area contributed by atoms with Gasteiger partial charge in [-0.05, 0) is 29.7 Å². The maximum Gasteiger partial charge on any atom is 0.243 e. The Balaban J connectivity index is 1.77. The third-order valence-corrected chi connectivity index (χ3v) is 3.57. The molecule has 0 aliphatic carbocycles. The molecule has 2 heterocycles. The van der Waals surface area contributed by atoms with Gasteiger partial charge in [0.25, 0.3) is 0 Å². The van der Waals surface area contributed by atoms with Crippen LogP contribution in [0.4, 0.5) is 4.39 Å². The van der Waals surface area contributed by atoms with Crippen LogP contribution in [0.2, 0.25) is 0 Å². The van der Waals surface area contributed by atoms with Crippen molar-refractivity contribution in [3.05, 3.63) is 35.1 Å². The zero-order valence-electron chi connectivity index (χ0n) is 9.78. The summed E-state index contributed by atoms with van der Waals surface area (Å²) >= 11 is 0. The van der Waals surface area contributed by atoms with Gasteiger partial charge in [-0.25, -0.2) is 4.39 Å². The Morgan fingerprint density at radius 3 is 2.78 bits per heavy atom. The maximum absolute atomic E-state index is 13.1. The van der Waals surface area contributed by atoms with Crippen molar-refractivity contribution < 1.29 is 14.0 Å². The van der Waals surface area contributed by atoms with Gasteiger partial charge >= 0.3 is 0 Å². The molecular weight excluding hydrogens is 235 g/mol. The molecule has 2 aliphatic heterocycles. The Morgan fingerprint density at radius 1 is 1.22 bits per heavy atom. The number of carbonyl (C=O) groups excluding carboxylic acids is 2. The van der Waals surface area contributed by atoms with Crippen LogP contribution >= 0.6 is 0 Å². The average molecular weight is 248 g/mol. The summed E-state index contributed by atoms with van der Waals surface area (Å²) in [7, 11) is 0. The number of hydrogen-bond donors (Lipinski definition) is 1. The lowest BCUT2D eigenvalue weighted by atomic mass is 10.0. The SMILES string of the molecule is O=C1CCC(N2Cc3ccc(F)cc3C2)C(=O)N1. The summed E-state index contributed by atoms with van der Waals surface area (Å²) in [4.78, 5) is 24.9. The van der Waals surface area contributed by atoms with E-state index in [2.05, 4.69) is 5.32 Å². The number of rotatable bonds is 1. The Hall–Kier alpha value is -1.75. The highest BCUT2D eigenvalue weighted by atomic mass is 19.1. The van der Waals surface area contributed by atoms with E-state index in [1.807, 2.05) is 4.90 Å². The zero-order valence-corrected chi connectivity index (χ0v) is 9.78. The topological polar surface area (TPSA) is 49.4 Å². The molecule has 1 N–H and O–H groups in total. The molecule has 0 radical (unpaired) electrons. The molecule has 1 aromatic rings. The molecule has 1 atom stereocenters. The predicted molar refractivity (Wildman–Crippen MR) is 61.8 cm³/mol. The van der Waals surface area contributed by atoms with Gasteiger partial charge in [0.15, 0.2) is 0 Å². The number of nitrogens with one attached hydrogen (secondary N) is 1. The minimum atomic E-state index is -0.279. The molecule has 94 valence electrons. The van der Waals surface area contributed by atoms with E-state index in [1.54, 1.807) is 6.07 Å². The van der Waals surface area contributed by atoms with Crippen LogP contribution in [-0.4, -0.2) is 22.8 Å². The van der Waals surface area contributed by atoms with Gasteiger partial charge in [-0.1, -0.05) is 6.07 Å². The third-order valence-electron chi connectivity index (χ3n) is 3.57. The number of benzene rings is 1. The molecular formula is C13H13FN2O2. The molecule has 2 amide bonds. The molecule has 5 heteroatoms. The van der Waals surface area contributed by atoms with Crippen LogP contribution < -0.4 is 5.32 Å². The summed E-state index contributed by atoms with van der Waals surface area (Å²) in [5, 5.41) is 2.35. The molecule has 1 fully saturated rings. The molecule has 18 heavy (non-hydrogen) atoms. The van der Waals surface area contributed by atoms with Crippen molar-refractivity contribution in [1.82, 2.24) is 10.2 Å². The average Bonchev–Trinajstić information content (AvgIpc) is 2.71. The van der Waals surface area contributed by atoms with Gasteiger partial charge < -0.3 is 0 Å². The predicted octanol–water partition coefficient (Wildman–Crippen LogP) is 0.947. The van der Waals surface area contributed by atoms with Gasteiger partial charge in [0.2, 0.25) is 11.8 Å². The molecule has 0 spiro atoms. The second-order valence-corrected chi connectivity index (χ2v) is 4.78. The lowest BCUT2D eigenvalue weighted by Crippen LogP contribution is -2.50. The van der Waals surface area contributed by atoms with Gasteiger partial charge in [-0.15, -0.1) is 0 Å². The lowest BCUT2D eigenvalue weighted by molar-refractivity contribution is -0.137. The Labute approximate surface area is 104 Å². The van der Waals surface area contributed by atoms with Crippen LogP contribution in [0.1, 0.15) is 24.0 Å². The molecule has 1 unspecified atom stereocenters. The first-order chi connectivity index (χ1) is 8.63. The number of carbonyl (C=O) groups is 2. The summed E-state index contributed by atoms with van der Waals surface area (Å²) in [5.41, 5.74) is 1.99. The summed E-state index contributed by atoms with van der Waals surface area (Å²) in [6.07, 6.45) is 0.915. The fourth-order valence-electron chi connectivity index (χ4n) is 2.64. The van der Waals surface area contributed by atoms with E-state index in [-0.39, 0.29) is 23.7 Å². The van der Waals surface area contributed by atoms with E-state index < -0.39 is 0 Å². The van der Waals surface area contributed by atoms with Crippen molar-refractivity contribution in [2.24, 2.45) is 0 Å². The summed E-state index contributed by atoms with van der Waals surface area (Å²) in [6, 6.07) is 4.43. The minimum Gasteiger partial charge on any atom is -0.295 e. The van der Waals surface area contributed by atoms with E-state index >= 15 is 0 Å². The zero-order chi connectivity index (χ0) is 12.7. The standard InChI is InChI=1S/C13H13FN2O2/c14-10-2-1-8-6-16(7-9(8)5-10)11-3-4-12(17)15-13(11)18/h1-2,5,11H,3-4,6-7H2,(H,15,17,18). The van der Waals surface area contributed by atoms with E-state index in [4.69, 9.17) is 0 Å². The lowest BCUT2D eigenvalue weighted by Gasteiger charge is -2.29. The molecule has 2 aliphatic rings. The van der Waals surface area contributed by atoms with Crippen molar-refractivity contribution in [1.29, 1.82) is 0 Å². The second kappa shape index (κ2) is 4.17.